The van der Waals surface area contributed by atoms with E-state index in [1.54, 1.807) is 12.1 Å². The Morgan fingerprint density at radius 2 is 1.85 bits per heavy atom. The van der Waals surface area contributed by atoms with Crippen LogP contribution in [0.4, 0.5) is 4.39 Å². The summed E-state index contributed by atoms with van der Waals surface area (Å²) >= 11 is 0. The van der Waals surface area contributed by atoms with Crippen molar-refractivity contribution in [2.75, 3.05) is 0 Å². The molecule has 3 rings (SSSR count). The molecule has 2 aliphatic carbocycles. The quantitative estimate of drug-likeness (QED) is 0.822. The molecule has 0 aromatic heterocycles. The first-order valence-electron chi connectivity index (χ1n) is 8.20. The summed E-state index contributed by atoms with van der Waals surface area (Å²) in [5, 5.41) is 3.91. The second-order valence-corrected chi connectivity index (χ2v) is 6.74. The SMILES string of the molecule is CCC1CCC(NC(c2ccc(F)cc2)C2CC2)C1C. The molecule has 20 heavy (non-hydrogen) atoms. The zero-order chi connectivity index (χ0) is 14.1. The van der Waals surface area contributed by atoms with Crippen molar-refractivity contribution in [1.29, 1.82) is 0 Å². The van der Waals surface area contributed by atoms with Gasteiger partial charge in [0.1, 0.15) is 5.82 Å². The third-order valence-electron chi connectivity index (χ3n) is 5.47. The van der Waals surface area contributed by atoms with Crippen molar-refractivity contribution in [3.8, 4) is 0 Å². The predicted molar refractivity (Wildman–Crippen MR) is 81.0 cm³/mol. The molecule has 4 unspecified atom stereocenters. The van der Waals surface area contributed by atoms with Gasteiger partial charge in [-0.15, -0.1) is 0 Å². The van der Waals surface area contributed by atoms with E-state index < -0.39 is 0 Å². The van der Waals surface area contributed by atoms with Crippen LogP contribution >= 0.6 is 0 Å². The average molecular weight is 275 g/mol. The molecule has 0 aliphatic heterocycles. The van der Waals surface area contributed by atoms with E-state index in [0.29, 0.717) is 12.1 Å². The molecule has 1 aromatic rings. The lowest BCUT2D eigenvalue weighted by Gasteiger charge is -2.27. The first-order valence-corrected chi connectivity index (χ1v) is 8.20. The Bertz CT molecular complexity index is 437. The first-order chi connectivity index (χ1) is 9.69. The van der Waals surface area contributed by atoms with E-state index in [2.05, 4.69) is 19.2 Å². The van der Waals surface area contributed by atoms with Gasteiger partial charge < -0.3 is 5.32 Å². The summed E-state index contributed by atoms with van der Waals surface area (Å²) in [5.74, 6) is 2.26. The molecule has 4 atom stereocenters. The van der Waals surface area contributed by atoms with E-state index in [0.717, 1.165) is 17.8 Å². The number of halogens is 1. The molecule has 0 amide bonds. The molecule has 0 radical (unpaired) electrons. The minimum atomic E-state index is -0.136. The van der Waals surface area contributed by atoms with Crippen LogP contribution in [0, 0.1) is 23.6 Å². The third-order valence-corrected chi connectivity index (χ3v) is 5.47. The minimum Gasteiger partial charge on any atom is -0.307 e. The van der Waals surface area contributed by atoms with Gasteiger partial charge in [-0.25, -0.2) is 4.39 Å². The second kappa shape index (κ2) is 5.85. The first kappa shape index (κ1) is 14.1. The smallest absolute Gasteiger partial charge is 0.123 e. The normalized spacial score (nSPS) is 31.4. The topological polar surface area (TPSA) is 12.0 Å². The van der Waals surface area contributed by atoms with Crippen molar-refractivity contribution in [2.45, 2.75) is 58.0 Å². The summed E-state index contributed by atoms with van der Waals surface area (Å²) in [4.78, 5) is 0. The Kier molecular flexibility index (Phi) is 4.11. The zero-order valence-electron chi connectivity index (χ0n) is 12.6. The number of rotatable bonds is 5. The monoisotopic (exact) mass is 275 g/mol. The van der Waals surface area contributed by atoms with Gasteiger partial charge >= 0.3 is 0 Å². The lowest BCUT2D eigenvalue weighted by molar-refractivity contribution is 0.309. The molecule has 1 nitrogen and oxygen atoms in total. The van der Waals surface area contributed by atoms with E-state index in [9.17, 15) is 4.39 Å². The maximum atomic E-state index is 13.1. The average Bonchev–Trinajstić information content (AvgIpc) is 3.23. The molecule has 0 heterocycles. The fourth-order valence-corrected chi connectivity index (χ4v) is 3.89. The summed E-state index contributed by atoms with van der Waals surface area (Å²) in [6.45, 7) is 4.70. The van der Waals surface area contributed by atoms with E-state index in [4.69, 9.17) is 0 Å². The van der Waals surface area contributed by atoms with Crippen molar-refractivity contribution >= 4 is 0 Å². The zero-order valence-corrected chi connectivity index (χ0v) is 12.6. The fraction of sp³-hybridized carbons (Fsp3) is 0.667. The van der Waals surface area contributed by atoms with Gasteiger partial charge in [-0.1, -0.05) is 32.4 Å². The molecule has 0 saturated heterocycles. The summed E-state index contributed by atoms with van der Waals surface area (Å²) in [5.41, 5.74) is 1.26. The number of benzene rings is 1. The molecule has 1 aromatic carbocycles. The number of nitrogens with one attached hydrogen (secondary N) is 1. The molecule has 2 aliphatic rings. The van der Waals surface area contributed by atoms with Crippen LogP contribution in [0.3, 0.4) is 0 Å². The van der Waals surface area contributed by atoms with Crippen LogP contribution in [0.25, 0.3) is 0 Å². The molecule has 0 spiro atoms. The van der Waals surface area contributed by atoms with E-state index in [1.165, 1.54) is 37.7 Å². The lowest BCUT2D eigenvalue weighted by Crippen LogP contribution is -2.36. The highest BCUT2D eigenvalue weighted by Gasteiger charge is 2.38. The van der Waals surface area contributed by atoms with Gasteiger partial charge in [0.05, 0.1) is 0 Å². The maximum Gasteiger partial charge on any atom is 0.123 e. The molecule has 110 valence electrons. The Balaban J connectivity index is 1.71. The van der Waals surface area contributed by atoms with E-state index in [1.807, 2.05) is 12.1 Å². The predicted octanol–water partition coefficient (Wildman–Crippen LogP) is 4.69. The van der Waals surface area contributed by atoms with Crippen molar-refractivity contribution in [3.63, 3.8) is 0 Å². The van der Waals surface area contributed by atoms with Crippen LogP contribution in [0.1, 0.15) is 57.6 Å². The van der Waals surface area contributed by atoms with Gasteiger partial charge in [0.15, 0.2) is 0 Å². The highest BCUT2D eigenvalue weighted by atomic mass is 19.1. The molecule has 2 saturated carbocycles. The molecule has 2 fully saturated rings. The second-order valence-electron chi connectivity index (χ2n) is 6.74. The van der Waals surface area contributed by atoms with Crippen LogP contribution in [0.5, 0.6) is 0 Å². The van der Waals surface area contributed by atoms with Crippen LogP contribution in [0.2, 0.25) is 0 Å². The molecular weight excluding hydrogens is 249 g/mol. The van der Waals surface area contributed by atoms with Gasteiger partial charge in [0.25, 0.3) is 0 Å². The summed E-state index contributed by atoms with van der Waals surface area (Å²) in [6.07, 6.45) is 6.57. The minimum absolute atomic E-state index is 0.136. The highest BCUT2D eigenvalue weighted by molar-refractivity contribution is 5.22. The van der Waals surface area contributed by atoms with E-state index >= 15 is 0 Å². The summed E-state index contributed by atoms with van der Waals surface area (Å²) in [6, 6.07) is 8.18. The Morgan fingerprint density at radius 3 is 2.40 bits per heavy atom. The largest absolute Gasteiger partial charge is 0.307 e. The fourth-order valence-electron chi connectivity index (χ4n) is 3.89. The van der Waals surface area contributed by atoms with Crippen molar-refractivity contribution in [1.82, 2.24) is 5.32 Å². The van der Waals surface area contributed by atoms with Gasteiger partial charge in [-0.05, 0) is 61.1 Å². The molecular formula is C18H26FN. The molecule has 2 heteroatoms. The summed E-state index contributed by atoms with van der Waals surface area (Å²) < 4.78 is 13.1. The van der Waals surface area contributed by atoms with Gasteiger partial charge in [-0.3, -0.25) is 0 Å². The van der Waals surface area contributed by atoms with Crippen LogP contribution in [-0.4, -0.2) is 6.04 Å². The van der Waals surface area contributed by atoms with Crippen molar-refractivity contribution in [2.24, 2.45) is 17.8 Å². The van der Waals surface area contributed by atoms with Gasteiger partial charge in [-0.2, -0.15) is 0 Å². The standard InChI is InChI=1S/C18H26FN/c1-3-13-8-11-17(12(13)2)20-18(14-4-5-14)15-6-9-16(19)10-7-15/h6-7,9-10,12-14,17-18,20H,3-5,8,11H2,1-2H3. The van der Waals surface area contributed by atoms with Crippen molar-refractivity contribution < 1.29 is 4.39 Å². The van der Waals surface area contributed by atoms with E-state index in [-0.39, 0.29) is 5.82 Å². The van der Waals surface area contributed by atoms with Gasteiger partial charge in [0.2, 0.25) is 0 Å². The Morgan fingerprint density at radius 1 is 1.15 bits per heavy atom. The van der Waals surface area contributed by atoms with Crippen LogP contribution < -0.4 is 5.32 Å². The third kappa shape index (κ3) is 2.90. The lowest BCUT2D eigenvalue weighted by atomic mass is 9.92. The molecule has 0 bridgehead atoms. The highest BCUT2D eigenvalue weighted by Crippen LogP contribution is 2.43. The summed E-state index contributed by atoms with van der Waals surface area (Å²) in [7, 11) is 0. The van der Waals surface area contributed by atoms with Crippen molar-refractivity contribution in [3.05, 3.63) is 35.6 Å². The molecule has 1 N–H and O–H groups in total. The number of hydrogen-bond donors (Lipinski definition) is 1. The van der Waals surface area contributed by atoms with Crippen LogP contribution in [0.15, 0.2) is 24.3 Å². The number of hydrogen-bond acceptors (Lipinski definition) is 1. The Hall–Kier alpha value is -0.890. The Labute approximate surface area is 122 Å². The van der Waals surface area contributed by atoms with Gasteiger partial charge in [0, 0.05) is 12.1 Å². The maximum absolute atomic E-state index is 13.1. The van der Waals surface area contributed by atoms with Crippen LogP contribution in [-0.2, 0) is 0 Å².